The Hall–Kier alpha value is -3.16. The Kier molecular flexibility index (Phi) is 6.41. The SMILES string of the molecule is O=C(NCCCCc1cccc(Cl)c1)Nc1ccc2ncc(C3=CNNC3)cc2n1. The highest BCUT2D eigenvalue weighted by Crippen LogP contribution is 2.20. The molecule has 0 spiro atoms. The summed E-state index contributed by atoms with van der Waals surface area (Å²) in [4.78, 5) is 21.2. The van der Waals surface area contributed by atoms with Crippen LogP contribution in [-0.4, -0.2) is 29.1 Å². The van der Waals surface area contributed by atoms with Crippen LogP contribution in [0.5, 0.6) is 0 Å². The number of pyridine rings is 2. The number of urea groups is 1. The predicted molar refractivity (Wildman–Crippen MR) is 120 cm³/mol. The molecule has 0 fully saturated rings. The van der Waals surface area contributed by atoms with Crippen LogP contribution < -0.4 is 21.5 Å². The van der Waals surface area contributed by atoms with Gasteiger partial charge in [0.25, 0.3) is 0 Å². The van der Waals surface area contributed by atoms with Crippen LogP contribution in [0.1, 0.15) is 24.0 Å². The molecule has 154 valence electrons. The molecule has 0 bridgehead atoms. The number of hydrogen-bond acceptors (Lipinski definition) is 5. The molecule has 1 aliphatic rings. The zero-order valence-electron chi connectivity index (χ0n) is 16.4. The number of carbonyl (C=O) groups is 1. The zero-order valence-corrected chi connectivity index (χ0v) is 17.2. The van der Waals surface area contributed by atoms with Crippen LogP contribution in [0.25, 0.3) is 16.6 Å². The molecule has 2 amide bonds. The van der Waals surface area contributed by atoms with Crippen LogP contribution in [0, 0.1) is 0 Å². The molecule has 3 heterocycles. The molecule has 1 aliphatic heterocycles. The van der Waals surface area contributed by atoms with Crippen molar-refractivity contribution >= 4 is 40.1 Å². The number of carbonyl (C=O) groups excluding carboxylic acids is 1. The van der Waals surface area contributed by atoms with Gasteiger partial charge in [-0.15, -0.1) is 0 Å². The number of amides is 2. The molecule has 8 heteroatoms. The topological polar surface area (TPSA) is 91.0 Å². The Morgan fingerprint density at radius 3 is 2.90 bits per heavy atom. The molecule has 0 aliphatic carbocycles. The fraction of sp³-hybridized carbons (Fsp3) is 0.227. The molecule has 0 atom stereocenters. The lowest BCUT2D eigenvalue weighted by Crippen LogP contribution is -2.29. The van der Waals surface area contributed by atoms with Crippen molar-refractivity contribution in [2.45, 2.75) is 19.3 Å². The van der Waals surface area contributed by atoms with Gasteiger partial charge in [-0.25, -0.2) is 15.2 Å². The van der Waals surface area contributed by atoms with E-state index in [2.05, 4.69) is 37.5 Å². The van der Waals surface area contributed by atoms with Gasteiger partial charge in [-0.2, -0.15) is 0 Å². The Labute approximate surface area is 179 Å². The second kappa shape index (κ2) is 9.56. The molecule has 30 heavy (non-hydrogen) atoms. The Morgan fingerprint density at radius 2 is 2.07 bits per heavy atom. The van der Waals surface area contributed by atoms with Crippen molar-refractivity contribution < 1.29 is 4.79 Å². The summed E-state index contributed by atoms with van der Waals surface area (Å²) in [6, 6.07) is 13.2. The molecule has 1 aromatic carbocycles. The monoisotopic (exact) mass is 422 g/mol. The van der Waals surface area contributed by atoms with Crippen molar-refractivity contribution in [1.82, 2.24) is 26.1 Å². The van der Waals surface area contributed by atoms with Crippen molar-refractivity contribution in [2.24, 2.45) is 0 Å². The first-order valence-corrected chi connectivity index (χ1v) is 10.3. The van der Waals surface area contributed by atoms with Crippen LogP contribution in [0.4, 0.5) is 10.6 Å². The summed E-state index contributed by atoms with van der Waals surface area (Å²) in [7, 11) is 0. The fourth-order valence-electron chi connectivity index (χ4n) is 3.28. The number of hydrogen-bond donors (Lipinski definition) is 4. The van der Waals surface area contributed by atoms with Crippen LogP contribution >= 0.6 is 11.6 Å². The largest absolute Gasteiger partial charge is 0.338 e. The highest BCUT2D eigenvalue weighted by atomic mass is 35.5. The van der Waals surface area contributed by atoms with Crippen molar-refractivity contribution in [1.29, 1.82) is 0 Å². The summed E-state index contributed by atoms with van der Waals surface area (Å²) >= 11 is 6.00. The average Bonchev–Trinajstić information content (AvgIpc) is 3.28. The second-order valence-electron chi connectivity index (χ2n) is 7.09. The van der Waals surface area contributed by atoms with E-state index in [1.807, 2.05) is 42.7 Å². The van der Waals surface area contributed by atoms with Crippen LogP contribution in [-0.2, 0) is 6.42 Å². The smallest absolute Gasteiger partial charge is 0.320 e. The molecule has 0 unspecified atom stereocenters. The third kappa shape index (κ3) is 5.25. The quantitative estimate of drug-likeness (QED) is 0.434. The summed E-state index contributed by atoms with van der Waals surface area (Å²) in [5, 5.41) is 6.42. The number of nitrogens with zero attached hydrogens (tertiary/aromatic N) is 2. The number of fused-ring (bicyclic) bond motifs is 1. The van der Waals surface area contributed by atoms with E-state index in [4.69, 9.17) is 11.6 Å². The van der Waals surface area contributed by atoms with Gasteiger partial charge < -0.3 is 10.7 Å². The van der Waals surface area contributed by atoms with Crippen LogP contribution in [0.15, 0.2) is 54.9 Å². The van der Waals surface area contributed by atoms with Gasteiger partial charge in [0.15, 0.2) is 0 Å². The molecule has 0 saturated heterocycles. The average molecular weight is 423 g/mol. The van der Waals surface area contributed by atoms with Gasteiger partial charge in [-0.1, -0.05) is 23.7 Å². The van der Waals surface area contributed by atoms with E-state index in [0.717, 1.165) is 53.0 Å². The normalized spacial score (nSPS) is 13.0. The molecule has 0 radical (unpaired) electrons. The Morgan fingerprint density at radius 1 is 1.13 bits per heavy atom. The summed E-state index contributed by atoms with van der Waals surface area (Å²) in [6.07, 6.45) is 6.53. The number of aromatic nitrogens is 2. The number of unbranched alkanes of at least 4 members (excludes halogenated alkanes) is 1. The van der Waals surface area contributed by atoms with Gasteiger partial charge in [0.2, 0.25) is 0 Å². The molecule has 0 saturated carbocycles. The number of anilines is 1. The van der Waals surface area contributed by atoms with E-state index in [0.29, 0.717) is 12.4 Å². The van der Waals surface area contributed by atoms with E-state index in [1.165, 1.54) is 5.56 Å². The molecule has 2 aromatic heterocycles. The summed E-state index contributed by atoms with van der Waals surface area (Å²) in [5.41, 5.74) is 10.8. The highest BCUT2D eigenvalue weighted by Gasteiger charge is 2.09. The third-order valence-electron chi connectivity index (χ3n) is 4.84. The van der Waals surface area contributed by atoms with Crippen molar-refractivity contribution in [3.63, 3.8) is 0 Å². The third-order valence-corrected chi connectivity index (χ3v) is 5.08. The first-order chi connectivity index (χ1) is 14.7. The van der Waals surface area contributed by atoms with Crippen LogP contribution in [0.3, 0.4) is 0 Å². The molecule has 4 N–H and O–H groups in total. The van der Waals surface area contributed by atoms with Gasteiger partial charge in [0, 0.05) is 36.1 Å². The summed E-state index contributed by atoms with van der Waals surface area (Å²) < 4.78 is 0. The first kappa shape index (κ1) is 20.1. The highest BCUT2D eigenvalue weighted by molar-refractivity contribution is 6.30. The van der Waals surface area contributed by atoms with Gasteiger partial charge >= 0.3 is 6.03 Å². The molecular formula is C22H23ClN6O. The van der Waals surface area contributed by atoms with Gasteiger partial charge in [0.1, 0.15) is 5.82 Å². The maximum atomic E-state index is 12.2. The van der Waals surface area contributed by atoms with Gasteiger partial charge in [-0.3, -0.25) is 10.3 Å². The number of benzene rings is 1. The lowest BCUT2D eigenvalue weighted by molar-refractivity contribution is 0.252. The van der Waals surface area contributed by atoms with Crippen LogP contribution in [0.2, 0.25) is 5.02 Å². The van der Waals surface area contributed by atoms with Crippen molar-refractivity contribution in [2.75, 3.05) is 18.4 Å². The zero-order chi connectivity index (χ0) is 20.8. The number of halogens is 1. The van der Waals surface area contributed by atoms with Gasteiger partial charge in [-0.05, 0) is 60.7 Å². The number of nitrogens with one attached hydrogen (secondary N) is 4. The fourth-order valence-corrected chi connectivity index (χ4v) is 3.49. The summed E-state index contributed by atoms with van der Waals surface area (Å²) in [5.74, 6) is 0.495. The summed E-state index contributed by atoms with van der Waals surface area (Å²) in [6.45, 7) is 1.32. The predicted octanol–water partition coefficient (Wildman–Crippen LogP) is 3.88. The number of rotatable bonds is 7. The standard InChI is InChI=1S/C22H23ClN6O/c23-18-6-3-5-15(10-18)4-1-2-9-24-22(30)29-21-8-7-19-20(28-21)11-16(12-25-19)17-13-26-27-14-17/h3,5-8,10-13,26-27H,1-2,4,9,14H2,(H2,24,28,29,30). The second-order valence-corrected chi connectivity index (χ2v) is 7.53. The van der Waals surface area contributed by atoms with E-state index in [9.17, 15) is 4.79 Å². The minimum atomic E-state index is -0.263. The van der Waals surface area contributed by atoms with Crippen molar-refractivity contribution in [3.05, 3.63) is 71.0 Å². The lowest BCUT2D eigenvalue weighted by atomic mass is 10.1. The van der Waals surface area contributed by atoms with E-state index in [-0.39, 0.29) is 6.03 Å². The molecule has 7 nitrogen and oxygen atoms in total. The van der Waals surface area contributed by atoms with E-state index < -0.39 is 0 Å². The first-order valence-electron chi connectivity index (χ1n) is 9.91. The minimum Gasteiger partial charge on any atom is -0.338 e. The molecule has 4 rings (SSSR count). The molecular weight excluding hydrogens is 400 g/mol. The maximum Gasteiger partial charge on any atom is 0.320 e. The number of aryl methyl sites for hydroxylation is 1. The Bertz CT molecular complexity index is 1080. The number of hydrazine groups is 1. The minimum absolute atomic E-state index is 0.263. The maximum absolute atomic E-state index is 12.2. The lowest BCUT2D eigenvalue weighted by Gasteiger charge is -2.08. The van der Waals surface area contributed by atoms with E-state index >= 15 is 0 Å². The molecule has 3 aromatic rings. The van der Waals surface area contributed by atoms with Gasteiger partial charge in [0.05, 0.1) is 11.0 Å². The Balaban J connectivity index is 1.27. The van der Waals surface area contributed by atoms with E-state index in [1.54, 1.807) is 6.07 Å². The van der Waals surface area contributed by atoms with Crippen molar-refractivity contribution in [3.8, 4) is 0 Å².